The lowest BCUT2D eigenvalue weighted by atomic mass is 10.2. The number of ether oxygens (including phenoxy) is 1. The van der Waals surface area contributed by atoms with E-state index in [1.807, 2.05) is 6.07 Å². The normalized spacial score (nSPS) is 11.8. The van der Waals surface area contributed by atoms with Crippen LogP contribution in [0.4, 0.5) is 23.2 Å². The summed E-state index contributed by atoms with van der Waals surface area (Å²) in [5.41, 5.74) is 0.468. The summed E-state index contributed by atoms with van der Waals surface area (Å²) < 4.78 is 59.5. The molecule has 2 N–H and O–H groups in total. The second-order valence-electron chi connectivity index (χ2n) is 7.33. The van der Waals surface area contributed by atoms with E-state index in [1.165, 1.54) is 42.7 Å². The Kier molecular flexibility index (Phi) is 6.95. The summed E-state index contributed by atoms with van der Waals surface area (Å²) in [7, 11) is 0. The van der Waals surface area contributed by atoms with Crippen molar-refractivity contribution in [3.05, 3.63) is 101 Å². The summed E-state index contributed by atoms with van der Waals surface area (Å²) in [4.78, 5) is 12.5. The molecule has 0 spiro atoms. The van der Waals surface area contributed by atoms with E-state index in [9.17, 15) is 18.0 Å². The Hall–Kier alpha value is -4.74. The molecule has 12 heteroatoms. The predicted octanol–water partition coefficient (Wildman–Crippen LogP) is 4.60. The number of nitrogens with zero attached hydrogens (tertiary/aromatic N) is 4. The average Bonchev–Trinajstić information content (AvgIpc) is 3.32. The third-order valence-electron chi connectivity index (χ3n) is 4.78. The first kappa shape index (κ1) is 24.4. The van der Waals surface area contributed by atoms with Crippen LogP contribution >= 0.6 is 0 Å². The number of benzene rings is 2. The van der Waals surface area contributed by atoms with Gasteiger partial charge in [0.15, 0.2) is 18.1 Å². The van der Waals surface area contributed by atoms with Crippen molar-refractivity contribution < 1.29 is 22.3 Å². The minimum atomic E-state index is -4.54. The second-order valence-corrected chi connectivity index (χ2v) is 7.33. The Morgan fingerprint density at radius 3 is 2.58 bits per heavy atom. The van der Waals surface area contributed by atoms with Crippen molar-refractivity contribution in [2.75, 3.05) is 11.9 Å². The average molecular weight is 498 g/mol. The highest BCUT2D eigenvalue weighted by Gasteiger charge is 2.29. The molecule has 0 fully saturated rings. The highest BCUT2D eigenvalue weighted by atomic mass is 19.4. The molecule has 2 heterocycles. The van der Waals surface area contributed by atoms with Crippen LogP contribution in [0.5, 0.6) is 5.88 Å². The zero-order chi connectivity index (χ0) is 25.7. The number of rotatable bonds is 8. The lowest BCUT2D eigenvalue weighted by molar-refractivity contribution is -0.154. The third kappa shape index (κ3) is 5.66. The van der Waals surface area contributed by atoms with Crippen LogP contribution in [0, 0.1) is 11.2 Å². The van der Waals surface area contributed by atoms with E-state index >= 15 is 4.39 Å². The van der Waals surface area contributed by atoms with Crippen LogP contribution in [0.15, 0.2) is 83.9 Å². The fourth-order valence-corrected chi connectivity index (χ4v) is 3.23. The summed E-state index contributed by atoms with van der Waals surface area (Å²) in [5.74, 6) is -0.989. The molecule has 0 saturated carbocycles. The van der Waals surface area contributed by atoms with Gasteiger partial charge >= 0.3 is 6.18 Å². The van der Waals surface area contributed by atoms with Gasteiger partial charge in [0.2, 0.25) is 11.3 Å². The van der Waals surface area contributed by atoms with Crippen LogP contribution in [0.2, 0.25) is 0 Å². The van der Waals surface area contributed by atoms with Crippen LogP contribution in [-0.2, 0) is 0 Å². The second kappa shape index (κ2) is 10.3. The van der Waals surface area contributed by atoms with Gasteiger partial charge in [-0.2, -0.15) is 23.4 Å². The van der Waals surface area contributed by atoms with Crippen molar-refractivity contribution in [2.24, 2.45) is 0 Å². The predicted molar refractivity (Wildman–Crippen MR) is 125 cm³/mol. The van der Waals surface area contributed by atoms with Gasteiger partial charge in [-0.25, -0.2) is 13.8 Å². The molecule has 0 bridgehead atoms. The van der Waals surface area contributed by atoms with E-state index in [0.29, 0.717) is 5.69 Å². The van der Waals surface area contributed by atoms with Gasteiger partial charge in [-0.3, -0.25) is 4.79 Å². The van der Waals surface area contributed by atoms with Gasteiger partial charge in [0, 0.05) is 36.3 Å². The lowest BCUT2D eigenvalue weighted by Gasteiger charge is -2.14. The number of nitrogens with one attached hydrogen (secondary N) is 2. The SMILES string of the molecule is N=C/C=C(\Nc1ccccc1)c1nn(-c2ccc(-n3nccc3OCC(F)(F)F)cc2F)ccc1=O. The van der Waals surface area contributed by atoms with Crippen LogP contribution in [0.3, 0.4) is 0 Å². The molecule has 4 aromatic rings. The molecule has 2 aromatic carbocycles. The highest BCUT2D eigenvalue weighted by molar-refractivity contribution is 5.86. The monoisotopic (exact) mass is 498 g/mol. The van der Waals surface area contributed by atoms with E-state index in [0.717, 1.165) is 21.6 Å². The lowest BCUT2D eigenvalue weighted by Crippen LogP contribution is -2.20. The van der Waals surface area contributed by atoms with Crippen LogP contribution < -0.4 is 15.5 Å². The molecule has 2 aromatic heterocycles. The minimum Gasteiger partial charge on any atom is -0.468 e. The Morgan fingerprint density at radius 1 is 1.11 bits per heavy atom. The topological polar surface area (TPSA) is 97.8 Å². The molecule has 0 amide bonds. The molecular formula is C24H18F4N6O2. The zero-order valence-corrected chi connectivity index (χ0v) is 18.4. The fourth-order valence-electron chi connectivity index (χ4n) is 3.23. The molecule has 0 aliphatic carbocycles. The van der Waals surface area contributed by atoms with Gasteiger partial charge in [-0.1, -0.05) is 18.2 Å². The standard InChI is InChI=1S/C24H18F4N6O2/c25-18-14-17(34-22(9-12-30-34)36-15-24(26,27)28)6-7-20(18)33-13-10-21(35)23(32-33)19(8-11-29)31-16-4-2-1-3-5-16/h1-14,29,31H,15H2/b19-8-,29-11?. The number of allylic oxidation sites excluding steroid dienone is 1. The molecule has 0 atom stereocenters. The first-order chi connectivity index (χ1) is 17.2. The molecule has 4 rings (SSSR count). The van der Waals surface area contributed by atoms with Gasteiger partial charge in [0.25, 0.3) is 0 Å². The molecule has 0 aliphatic heterocycles. The maximum atomic E-state index is 15.1. The summed E-state index contributed by atoms with van der Waals surface area (Å²) in [6.07, 6.45) is 0.297. The number of anilines is 1. The first-order valence-electron chi connectivity index (χ1n) is 10.4. The minimum absolute atomic E-state index is 0.0289. The molecular weight excluding hydrogens is 480 g/mol. The summed E-state index contributed by atoms with van der Waals surface area (Å²) in [6, 6.07) is 15.2. The van der Waals surface area contributed by atoms with Crippen molar-refractivity contribution in [3.63, 3.8) is 0 Å². The summed E-state index contributed by atoms with van der Waals surface area (Å²) >= 11 is 0. The number of para-hydroxylation sites is 1. The van der Waals surface area contributed by atoms with Gasteiger partial charge in [0.05, 0.1) is 17.6 Å². The number of alkyl halides is 3. The van der Waals surface area contributed by atoms with Crippen molar-refractivity contribution in [1.82, 2.24) is 19.6 Å². The fraction of sp³-hybridized carbons (Fsp3) is 0.0833. The Labute approximate surface area is 201 Å². The summed E-state index contributed by atoms with van der Waals surface area (Å²) in [6.45, 7) is -1.52. The molecule has 0 aliphatic rings. The molecule has 0 radical (unpaired) electrons. The number of aromatic nitrogens is 4. The Morgan fingerprint density at radius 2 is 1.89 bits per heavy atom. The van der Waals surface area contributed by atoms with E-state index in [-0.39, 0.29) is 28.6 Å². The zero-order valence-electron chi connectivity index (χ0n) is 18.4. The Bertz CT molecular complexity index is 1460. The van der Waals surface area contributed by atoms with Gasteiger partial charge in [-0.05, 0) is 30.3 Å². The summed E-state index contributed by atoms with van der Waals surface area (Å²) in [5, 5.41) is 18.6. The quantitative estimate of drug-likeness (QED) is 0.273. The first-order valence-corrected chi connectivity index (χ1v) is 10.4. The van der Waals surface area contributed by atoms with Gasteiger partial charge < -0.3 is 15.5 Å². The van der Waals surface area contributed by atoms with E-state index < -0.39 is 24.0 Å². The number of halogens is 4. The van der Waals surface area contributed by atoms with Crippen molar-refractivity contribution in [1.29, 1.82) is 5.41 Å². The largest absolute Gasteiger partial charge is 0.468 e. The van der Waals surface area contributed by atoms with E-state index in [1.54, 1.807) is 24.3 Å². The molecule has 184 valence electrons. The smallest absolute Gasteiger partial charge is 0.422 e. The van der Waals surface area contributed by atoms with Gasteiger partial charge in [-0.15, -0.1) is 0 Å². The van der Waals surface area contributed by atoms with E-state index in [2.05, 4.69) is 15.5 Å². The van der Waals surface area contributed by atoms with Crippen LogP contribution in [-0.4, -0.2) is 38.6 Å². The Balaban J connectivity index is 1.66. The van der Waals surface area contributed by atoms with Crippen molar-refractivity contribution in [2.45, 2.75) is 6.18 Å². The molecule has 8 nitrogen and oxygen atoms in total. The maximum Gasteiger partial charge on any atom is 0.422 e. The number of hydrogen-bond acceptors (Lipinski definition) is 6. The maximum absolute atomic E-state index is 15.1. The van der Waals surface area contributed by atoms with Crippen molar-refractivity contribution >= 4 is 17.6 Å². The van der Waals surface area contributed by atoms with Gasteiger partial charge in [0.1, 0.15) is 5.69 Å². The van der Waals surface area contributed by atoms with E-state index in [4.69, 9.17) is 10.1 Å². The third-order valence-corrected chi connectivity index (χ3v) is 4.78. The highest BCUT2D eigenvalue weighted by Crippen LogP contribution is 2.24. The molecule has 0 unspecified atom stereocenters. The van der Waals surface area contributed by atoms with Crippen LogP contribution in [0.1, 0.15) is 5.69 Å². The van der Waals surface area contributed by atoms with Crippen molar-refractivity contribution in [3.8, 4) is 17.3 Å². The number of hydrogen-bond donors (Lipinski definition) is 2. The van der Waals surface area contributed by atoms with Crippen LogP contribution in [0.25, 0.3) is 17.1 Å². The molecule has 0 saturated heterocycles. The molecule has 36 heavy (non-hydrogen) atoms.